The molecule has 1 aromatic heterocycles. The molecular formula is C14H11FN2O2. The molecule has 5 heteroatoms. The van der Waals surface area contributed by atoms with Gasteiger partial charge in [0.15, 0.2) is 0 Å². The van der Waals surface area contributed by atoms with E-state index in [2.05, 4.69) is 4.98 Å². The van der Waals surface area contributed by atoms with E-state index in [4.69, 9.17) is 10.00 Å². The van der Waals surface area contributed by atoms with Crippen molar-refractivity contribution in [1.29, 1.82) is 5.26 Å². The van der Waals surface area contributed by atoms with Gasteiger partial charge < -0.3 is 9.72 Å². The first-order valence-electron chi connectivity index (χ1n) is 5.72. The van der Waals surface area contributed by atoms with Crippen LogP contribution in [0.15, 0.2) is 24.4 Å². The summed E-state index contributed by atoms with van der Waals surface area (Å²) in [5, 5.41) is 9.23. The maximum atomic E-state index is 13.8. The lowest BCUT2D eigenvalue weighted by molar-refractivity contribution is -0.137. The number of nitriles is 1. The molecule has 0 saturated heterocycles. The van der Waals surface area contributed by atoms with Gasteiger partial charge in [-0.05, 0) is 25.1 Å². The number of aromatic nitrogens is 1. The maximum absolute atomic E-state index is 13.8. The van der Waals surface area contributed by atoms with Crippen molar-refractivity contribution < 1.29 is 13.9 Å². The molecule has 2 aromatic rings. The van der Waals surface area contributed by atoms with Crippen molar-refractivity contribution in [2.45, 2.75) is 6.92 Å². The third kappa shape index (κ3) is 2.47. The smallest absolute Gasteiger partial charge is 0.330 e. The summed E-state index contributed by atoms with van der Waals surface area (Å²) in [4.78, 5) is 14.1. The Morgan fingerprint density at radius 3 is 3.05 bits per heavy atom. The van der Waals surface area contributed by atoms with Crippen LogP contribution in [0.3, 0.4) is 0 Å². The van der Waals surface area contributed by atoms with Crippen LogP contribution in [0.2, 0.25) is 0 Å². The van der Waals surface area contributed by atoms with Crippen molar-refractivity contribution >= 4 is 22.9 Å². The molecule has 1 heterocycles. The number of nitrogens with zero attached hydrogens (tertiary/aromatic N) is 1. The first-order chi connectivity index (χ1) is 9.17. The standard InChI is InChI=1S/C14H11FN2O2/c1-2-19-12(18)6-4-10-8-17-14-9(7-16)3-5-11(15)13(10)14/h3-6,8,17H,2H2,1H3. The molecule has 4 nitrogen and oxygen atoms in total. The highest BCUT2D eigenvalue weighted by Gasteiger charge is 2.11. The van der Waals surface area contributed by atoms with E-state index >= 15 is 0 Å². The summed E-state index contributed by atoms with van der Waals surface area (Å²) >= 11 is 0. The van der Waals surface area contributed by atoms with Gasteiger partial charge in [-0.15, -0.1) is 0 Å². The minimum absolute atomic E-state index is 0.282. The number of hydrogen-bond donors (Lipinski definition) is 1. The molecular weight excluding hydrogens is 247 g/mol. The van der Waals surface area contributed by atoms with Gasteiger partial charge in [-0.3, -0.25) is 0 Å². The molecule has 0 bridgehead atoms. The molecule has 0 saturated carbocycles. The molecule has 1 aromatic carbocycles. The van der Waals surface area contributed by atoms with Crippen LogP contribution < -0.4 is 0 Å². The summed E-state index contributed by atoms with van der Waals surface area (Å²) in [5.74, 6) is -0.938. The number of carbonyl (C=O) groups is 1. The van der Waals surface area contributed by atoms with Crippen molar-refractivity contribution in [3.63, 3.8) is 0 Å². The summed E-state index contributed by atoms with van der Waals surface area (Å²) in [6, 6.07) is 4.62. The van der Waals surface area contributed by atoms with Crippen molar-refractivity contribution in [2.24, 2.45) is 0 Å². The summed E-state index contributed by atoms with van der Waals surface area (Å²) in [6.07, 6.45) is 4.23. The number of halogens is 1. The van der Waals surface area contributed by atoms with Crippen LogP contribution in [0.1, 0.15) is 18.1 Å². The highest BCUT2D eigenvalue weighted by Crippen LogP contribution is 2.25. The third-order valence-corrected chi connectivity index (χ3v) is 2.62. The van der Waals surface area contributed by atoms with E-state index in [0.717, 1.165) is 0 Å². The molecule has 2 rings (SSSR count). The van der Waals surface area contributed by atoms with E-state index in [1.807, 2.05) is 6.07 Å². The summed E-state index contributed by atoms with van der Waals surface area (Å²) in [7, 11) is 0. The monoisotopic (exact) mass is 258 g/mol. The Labute approximate surface area is 109 Å². The molecule has 0 radical (unpaired) electrons. The van der Waals surface area contributed by atoms with E-state index in [1.165, 1.54) is 24.3 Å². The SMILES string of the molecule is CCOC(=O)C=Cc1c[nH]c2c(C#N)ccc(F)c12. The van der Waals surface area contributed by atoms with Gasteiger partial charge in [-0.25, -0.2) is 9.18 Å². The molecule has 0 fully saturated rings. The van der Waals surface area contributed by atoms with E-state index in [0.29, 0.717) is 22.0 Å². The Morgan fingerprint density at radius 2 is 2.37 bits per heavy atom. The zero-order valence-corrected chi connectivity index (χ0v) is 10.2. The lowest BCUT2D eigenvalue weighted by Gasteiger charge is -1.97. The Kier molecular flexibility index (Phi) is 3.62. The molecule has 96 valence electrons. The minimum Gasteiger partial charge on any atom is -0.463 e. The lowest BCUT2D eigenvalue weighted by atomic mass is 10.1. The third-order valence-electron chi connectivity index (χ3n) is 2.62. The van der Waals surface area contributed by atoms with Crippen molar-refractivity contribution in [1.82, 2.24) is 4.98 Å². The quantitative estimate of drug-likeness (QED) is 0.680. The number of benzene rings is 1. The average Bonchev–Trinajstić information content (AvgIpc) is 2.82. The van der Waals surface area contributed by atoms with E-state index in [9.17, 15) is 9.18 Å². The minimum atomic E-state index is -0.492. The van der Waals surface area contributed by atoms with Gasteiger partial charge in [0.25, 0.3) is 0 Å². The van der Waals surface area contributed by atoms with Crippen LogP contribution in [0.5, 0.6) is 0 Å². The predicted octanol–water partition coefficient (Wildman–Crippen LogP) is 2.75. The molecule has 0 amide bonds. The largest absolute Gasteiger partial charge is 0.463 e. The van der Waals surface area contributed by atoms with E-state index < -0.39 is 11.8 Å². The number of H-pyrrole nitrogens is 1. The predicted molar refractivity (Wildman–Crippen MR) is 68.6 cm³/mol. The maximum Gasteiger partial charge on any atom is 0.330 e. The molecule has 0 aliphatic carbocycles. The van der Waals surface area contributed by atoms with Crippen molar-refractivity contribution in [3.05, 3.63) is 41.3 Å². The second-order valence-electron chi connectivity index (χ2n) is 3.79. The fourth-order valence-corrected chi connectivity index (χ4v) is 1.80. The number of fused-ring (bicyclic) bond motifs is 1. The fourth-order valence-electron chi connectivity index (χ4n) is 1.80. The van der Waals surface area contributed by atoms with E-state index in [1.54, 1.807) is 13.1 Å². The average molecular weight is 258 g/mol. The number of rotatable bonds is 3. The van der Waals surface area contributed by atoms with Crippen LogP contribution in [0.4, 0.5) is 4.39 Å². The van der Waals surface area contributed by atoms with Gasteiger partial charge in [-0.2, -0.15) is 5.26 Å². The number of ether oxygens (including phenoxy) is 1. The topological polar surface area (TPSA) is 65.9 Å². The Morgan fingerprint density at radius 1 is 1.58 bits per heavy atom. The molecule has 1 N–H and O–H groups in total. The normalized spacial score (nSPS) is 10.8. The van der Waals surface area contributed by atoms with Gasteiger partial charge in [0.2, 0.25) is 0 Å². The van der Waals surface area contributed by atoms with Gasteiger partial charge in [0, 0.05) is 23.2 Å². The molecule has 0 aliphatic rings. The molecule has 0 atom stereocenters. The summed E-state index contributed by atoms with van der Waals surface area (Å²) in [6.45, 7) is 1.99. The number of nitrogens with one attached hydrogen (secondary N) is 1. The van der Waals surface area contributed by atoms with E-state index in [-0.39, 0.29) is 6.61 Å². The zero-order chi connectivity index (χ0) is 13.8. The lowest BCUT2D eigenvalue weighted by Crippen LogP contribution is -1.98. The van der Waals surface area contributed by atoms with Crippen LogP contribution >= 0.6 is 0 Å². The second kappa shape index (κ2) is 5.36. The summed E-state index contributed by atoms with van der Waals surface area (Å²) < 4.78 is 18.5. The highest BCUT2D eigenvalue weighted by atomic mass is 19.1. The van der Waals surface area contributed by atoms with Crippen LogP contribution in [0.25, 0.3) is 17.0 Å². The van der Waals surface area contributed by atoms with Crippen molar-refractivity contribution in [3.8, 4) is 6.07 Å². The second-order valence-corrected chi connectivity index (χ2v) is 3.79. The van der Waals surface area contributed by atoms with Gasteiger partial charge in [0.05, 0.1) is 17.7 Å². The number of aromatic amines is 1. The fraction of sp³-hybridized carbons (Fsp3) is 0.143. The molecule has 0 aliphatic heterocycles. The molecule has 0 unspecified atom stereocenters. The van der Waals surface area contributed by atoms with Gasteiger partial charge in [-0.1, -0.05) is 0 Å². The first kappa shape index (κ1) is 12.8. The van der Waals surface area contributed by atoms with Crippen LogP contribution in [-0.4, -0.2) is 17.6 Å². The number of esters is 1. The molecule has 19 heavy (non-hydrogen) atoms. The first-order valence-corrected chi connectivity index (χ1v) is 5.72. The van der Waals surface area contributed by atoms with Crippen LogP contribution in [-0.2, 0) is 9.53 Å². The van der Waals surface area contributed by atoms with Gasteiger partial charge >= 0.3 is 5.97 Å². The number of carbonyl (C=O) groups excluding carboxylic acids is 1. The molecule has 0 spiro atoms. The Hall–Kier alpha value is -2.61. The van der Waals surface area contributed by atoms with Crippen molar-refractivity contribution in [2.75, 3.05) is 6.61 Å². The number of hydrogen-bond acceptors (Lipinski definition) is 3. The zero-order valence-electron chi connectivity index (χ0n) is 10.2. The Bertz CT molecular complexity index is 695. The Balaban J connectivity index is 2.46. The highest BCUT2D eigenvalue weighted by molar-refractivity contribution is 5.96. The summed E-state index contributed by atoms with van der Waals surface area (Å²) in [5.41, 5.74) is 1.27. The van der Waals surface area contributed by atoms with Crippen LogP contribution in [0, 0.1) is 17.1 Å². The van der Waals surface area contributed by atoms with Gasteiger partial charge in [0.1, 0.15) is 11.9 Å².